The van der Waals surface area contributed by atoms with E-state index in [-0.39, 0.29) is 24.7 Å². The number of nitrogens with one attached hydrogen (secondary N) is 1. The molecule has 0 radical (unpaired) electrons. The Kier molecular flexibility index (Phi) is 6.79. The normalized spacial score (nSPS) is 20.9. The number of rotatable bonds is 6. The molecule has 2 fully saturated rings. The summed E-state index contributed by atoms with van der Waals surface area (Å²) in [6.07, 6.45) is 7.45. The van der Waals surface area contributed by atoms with Crippen molar-refractivity contribution in [1.29, 1.82) is 0 Å². The predicted molar refractivity (Wildman–Crippen MR) is 103 cm³/mol. The number of carbonyl (C=O) groups is 1. The van der Waals surface area contributed by atoms with Gasteiger partial charge in [0.05, 0.1) is 12.2 Å². The number of benzene rings is 1. The van der Waals surface area contributed by atoms with Crippen molar-refractivity contribution in [3.05, 3.63) is 28.8 Å². The summed E-state index contributed by atoms with van der Waals surface area (Å²) >= 11 is 6.07. The van der Waals surface area contributed by atoms with E-state index in [0.29, 0.717) is 16.3 Å². The Morgan fingerprint density at radius 2 is 2.00 bits per heavy atom. The van der Waals surface area contributed by atoms with Crippen LogP contribution in [0.3, 0.4) is 0 Å². The molecule has 1 aliphatic heterocycles. The van der Waals surface area contributed by atoms with E-state index in [1.807, 2.05) is 0 Å². The largest absolute Gasteiger partial charge is 0.489 e. The van der Waals surface area contributed by atoms with Crippen molar-refractivity contribution < 1.29 is 14.6 Å². The van der Waals surface area contributed by atoms with Crippen LogP contribution < -0.4 is 10.1 Å². The van der Waals surface area contributed by atoms with Crippen LogP contribution in [0.1, 0.15) is 55.8 Å². The molecular formula is C20H29ClN2O3. The van der Waals surface area contributed by atoms with Gasteiger partial charge < -0.3 is 20.1 Å². The lowest BCUT2D eigenvalue weighted by Gasteiger charge is -2.36. The lowest BCUT2D eigenvalue weighted by Crippen LogP contribution is -2.43. The number of hydrogen-bond acceptors (Lipinski definition) is 4. The number of hydrogen-bond donors (Lipinski definition) is 2. The van der Waals surface area contributed by atoms with Crippen LogP contribution in [-0.2, 0) is 0 Å². The quantitative estimate of drug-likeness (QED) is 0.795. The number of nitrogens with zero attached hydrogens (tertiary/aromatic N) is 1. The summed E-state index contributed by atoms with van der Waals surface area (Å²) in [5, 5.41) is 12.4. The molecule has 1 aromatic carbocycles. The van der Waals surface area contributed by atoms with Gasteiger partial charge in [-0.3, -0.25) is 4.79 Å². The highest BCUT2D eigenvalue weighted by molar-refractivity contribution is 6.31. The smallest absolute Gasteiger partial charge is 0.255 e. The maximum Gasteiger partial charge on any atom is 0.255 e. The highest BCUT2D eigenvalue weighted by atomic mass is 35.5. The molecule has 1 unspecified atom stereocenters. The molecule has 1 heterocycles. The highest BCUT2D eigenvalue weighted by Gasteiger charge is 2.28. The lowest BCUT2D eigenvalue weighted by atomic mass is 10.0. The molecule has 1 atom stereocenters. The molecule has 1 saturated heterocycles. The molecule has 26 heavy (non-hydrogen) atoms. The van der Waals surface area contributed by atoms with E-state index in [1.54, 1.807) is 25.1 Å². The molecule has 3 rings (SSSR count). The number of carbonyl (C=O) groups excluding carboxylic acids is 1. The van der Waals surface area contributed by atoms with Crippen molar-refractivity contribution in [2.75, 3.05) is 19.7 Å². The fourth-order valence-corrected chi connectivity index (χ4v) is 4.11. The van der Waals surface area contributed by atoms with Gasteiger partial charge in [-0.15, -0.1) is 0 Å². The van der Waals surface area contributed by atoms with Crippen LogP contribution in [0.2, 0.25) is 5.02 Å². The first-order valence-electron chi connectivity index (χ1n) is 9.69. The van der Waals surface area contributed by atoms with Gasteiger partial charge in [0, 0.05) is 30.2 Å². The van der Waals surface area contributed by atoms with E-state index in [4.69, 9.17) is 21.4 Å². The fraction of sp³-hybridized carbons (Fsp3) is 0.650. The number of ether oxygens (including phenoxy) is 1. The first-order chi connectivity index (χ1) is 12.6. The SMILES string of the molecule is CC(CO)NC(=O)c1cc(Cl)ccc1OC1CCN(C2CCCC2)CC1. The number of halogens is 1. The topological polar surface area (TPSA) is 61.8 Å². The van der Waals surface area contributed by atoms with Gasteiger partial charge >= 0.3 is 0 Å². The summed E-state index contributed by atoms with van der Waals surface area (Å²) < 4.78 is 6.18. The molecule has 1 amide bonds. The third-order valence-corrected chi connectivity index (χ3v) is 5.68. The van der Waals surface area contributed by atoms with Gasteiger partial charge in [0.1, 0.15) is 11.9 Å². The number of aliphatic hydroxyl groups excluding tert-OH is 1. The summed E-state index contributed by atoms with van der Waals surface area (Å²) in [4.78, 5) is 15.1. The zero-order valence-electron chi connectivity index (χ0n) is 15.4. The van der Waals surface area contributed by atoms with Crippen molar-refractivity contribution in [1.82, 2.24) is 10.2 Å². The number of aliphatic hydroxyl groups is 1. The zero-order chi connectivity index (χ0) is 18.5. The minimum absolute atomic E-state index is 0.109. The number of likely N-dealkylation sites (tertiary alicyclic amines) is 1. The Morgan fingerprint density at radius 1 is 1.31 bits per heavy atom. The van der Waals surface area contributed by atoms with Crippen molar-refractivity contribution in [2.45, 2.75) is 63.6 Å². The second-order valence-corrected chi connectivity index (χ2v) is 7.93. The molecule has 144 valence electrons. The minimum atomic E-state index is -0.316. The molecule has 0 aromatic heterocycles. The summed E-state index contributed by atoms with van der Waals surface area (Å²) in [5.41, 5.74) is 0.427. The van der Waals surface area contributed by atoms with Gasteiger partial charge in [-0.1, -0.05) is 24.4 Å². The van der Waals surface area contributed by atoms with E-state index in [0.717, 1.165) is 32.0 Å². The fourth-order valence-electron chi connectivity index (χ4n) is 3.94. The Balaban J connectivity index is 1.61. The molecule has 2 aliphatic rings. The average Bonchev–Trinajstić information content (AvgIpc) is 3.18. The monoisotopic (exact) mass is 380 g/mol. The molecule has 1 saturated carbocycles. The van der Waals surface area contributed by atoms with Crippen molar-refractivity contribution in [3.63, 3.8) is 0 Å². The third-order valence-electron chi connectivity index (χ3n) is 5.45. The van der Waals surface area contributed by atoms with Gasteiger partial charge in [-0.05, 0) is 50.8 Å². The second-order valence-electron chi connectivity index (χ2n) is 7.49. The first-order valence-corrected chi connectivity index (χ1v) is 10.1. The Hall–Kier alpha value is -1.30. The molecule has 2 N–H and O–H groups in total. The van der Waals surface area contributed by atoms with Crippen LogP contribution in [0, 0.1) is 0 Å². The van der Waals surface area contributed by atoms with Gasteiger partial charge in [0.2, 0.25) is 0 Å². The van der Waals surface area contributed by atoms with Gasteiger partial charge in [0.25, 0.3) is 5.91 Å². The summed E-state index contributed by atoms with van der Waals surface area (Å²) in [6.45, 7) is 3.77. The Morgan fingerprint density at radius 3 is 2.65 bits per heavy atom. The van der Waals surface area contributed by atoms with E-state index in [2.05, 4.69) is 10.2 Å². The predicted octanol–water partition coefficient (Wildman–Crippen LogP) is 3.24. The third kappa shape index (κ3) is 4.90. The van der Waals surface area contributed by atoms with Crippen LogP contribution in [0.15, 0.2) is 18.2 Å². The summed E-state index contributed by atoms with van der Waals surface area (Å²) in [7, 11) is 0. The number of amides is 1. The first kappa shape index (κ1) is 19.5. The van der Waals surface area contributed by atoms with E-state index < -0.39 is 0 Å². The van der Waals surface area contributed by atoms with Crippen LogP contribution in [0.5, 0.6) is 5.75 Å². The molecular weight excluding hydrogens is 352 g/mol. The van der Waals surface area contributed by atoms with Gasteiger partial charge in [0.15, 0.2) is 0 Å². The van der Waals surface area contributed by atoms with Crippen molar-refractivity contribution in [3.8, 4) is 5.75 Å². The van der Waals surface area contributed by atoms with Crippen LogP contribution >= 0.6 is 11.6 Å². The Bertz CT molecular complexity index is 611. The van der Waals surface area contributed by atoms with Crippen molar-refractivity contribution in [2.24, 2.45) is 0 Å². The van der Waals surface area contributed by atoms with Crippen molar-refractivity contribution >= 4 is 17.5 Å². The Labute approximate surface area is 160 Å². The molecule has 6 heteroatoms. The van der Waals surface area contributed by atoms with Crippen LogP contribution in [0.4, 0.5) is 0 Å². The van der Waals surface area contributed by atoms with E-state index in [9.17, 15) is 4.79 Å². The van der Waals surface area contributed by atoms with E-state index >= 15 is 0 Å². The molecule has 1 aliphatic carbocycles. The van der Waals surface area contributed by atoms with Gasteiger partial charge in [-0.25, -0.2) is 0 Å². The summed E-state index contributed by atoms with van der Waals surface area (Å²) in [6, 6.07) is 5.59. The maximum absolute atomic E-state index is 12.5. The van der Waals surface area contributed by atoms with Crippen LogP contribution in [0.25, 0.3) is 0 Å². The molecule has 0 spiro atoms. The van der Waals surface area contributed by atoms with E-state index in [1.165, 1.54) is 25.7 Å². The standard InChI is InChI=1S/C20H29ClN2O3/c1-14(13-24)22-20(25)18-12-15(21)6-7-19(18)26-17-8-10-23(11-9-17)16-4-2-3-5-16/h6-7,12,14,16-17,24H,2-5,8-11,13H2,1H3,(H,22,25). The second kappa shape index (κ2) is 9.07. The van der Waals surface area contributed by atoms with Crippen LogP contribution in [-0.4, -0.2) is 53.8 Å². The number of piperidine rings is 1. The minimum Gasteiger partial charge on any atom is -0.489 e. The lowest BCUT2D eigenvalue weighted by molar-refractivity contribution is 0.0747. The molecule has 1 aromatic rings. The molecule has 0 bridgehead atoms. The maximum atomic E-state index is 12.5. The zero-order valence-corrected chi connectivity index (χ0v) is 16.2. The molecule has 5 nitrogen and oxygen atoms in total. The average molecular weight is 381 g/mol. The summed E-state index contributed by atoms with van der Waals surface area (Å²) in [5.74, 6) is 0.295. The van der Waals surface area contributed by atoms with Gasteiger partial charge in [-0.2, -0.15) is 0 Å². The highest BCUT2D eigenvalue weighted by Crippen LogP contribution is 2.29.